The van der Waals surface area contributed by atoms with Crippen molar-refractivity contribution >= 4 is 23.2 Å². The first-order valence-electron chi connectivity index (χ1n) is 10.7. The molecular weight excluding hydrogens is 430 g/mol. The molecule has 3 aliphatic rings. The van der Waals surface area contributed by atoms with Crippen molar-refractivity contribution in [3.8, 4) is 5.75 Å². The Balaban J connectivity index is 1.96. The number of phenols is 1. The average molecular weight is 457 g/mol. The Labute approximate surface area is 190 Å². The number of fused-ring (bicyclic) bond motifs is 3. The third-order valence-electron chi connectivity index (χ3n) is 6.97. The van der Waals surface area contributed by atoms with E-state index in [4.69, 9.17) is 5.73 Å². The second kappa shape index (κ2) is 7.60. The standard InChI is InChI=1S/C23H27N3O7/c1-4-25-12-5-6-13(27)15-10(12)7-9-8-11-17(26(2)3)19(29)16(22(24)32)21(31)23(11,33)20(30)14(9)18(15)28/h5-6,9,11,17,25,27,29-30,33H,4,7-8H2,1-3H3,(H2,24,32)/t9?,11?,17-,23-/m0/s1. The van der Waals surface area contributed by atoms with Gasteiger partial charge in [0.15, 0.2) is 11.4 Å². The number of benzene rings is 1. The van der Waals surface area contributed by atoms with E-state index in [2.05, 4.69) is 5.32 Å². The lowest BCUT2D eigenvalue weighted by Gasteiger charge is -2.50. The number of nitrogens with one attached hydrogen (secondary N) is 1. The number of aromatic hydroxyl groups is 1. The van der Waals surface area contributed by atoms with Crippen LogP contribution in [0.3, 0.4) is 0 Å². The molecule has 0 saturated heterocycles. The summed E-state index contributed by atoms with van der Waals surface area (Å²) in [6.07, 6.45) is 0.318. The fourth-order valence-electron chi connectivity index (χ4n) is 5.61. The van der Waals surface area contributed by atoms with Crippen molar-refractivity contribution in [1.29, 1.82) is 0 Å². The Kier molecular flexibility index (Phi) is 5.25. The van der Waals surface area contributed by atoms with E-state index in [1.54, 1.807) is 20.2 Å². The number of rotatable bonds is 4. The highest BCUT2D eigenvalue weighted by Crippen LogP contribution is 2.52. The summed E-state index contributed by atoms with van der Waals surface area (Å²) < 4.78 is 0. The fraction of sp³-hybridized carbons (Fsp3) is 0.435. The zero-order chi connectivity index (χ0) is 24.4. The number of nitrogens with zero attached hydrogens (tertiary/aromatic N) is 1. The van der Waals surface area contributed by atoms with E-state index in [9.17, 15) is 34.8 Å². The van der Waals surface area contributed by atoms with Crippen LogP contribution in [-0.2, 0) is 16.0 Å². The van der Waals surface area contributed by atoms with Crippen LogP contribution in [0.25, 0.3) is 0 Å². The van der Waals surface area contributed by atoms with Gasteiger partial charge in [-0.15, -0.1) is 0 Å². The molecule has 0 heterocycles. The molecule has 0 aromatic heterocycles. The number of amides is 1. The highest BCUT2D eigenvalue weighted by Gasteiger charge is 2.63. The number of anilines is 1. The number of carbonyl (C=O) groups excluding carboxylic acids is 3. The number of aliphatic hydroxyl groups excluding tert-OH is 2. The molecule has 4 atom stereocenters. The van der Waals surface area contributed by atoms with Crippen LogP contribution in [-0.4, -0.2) is 75.1 Å². The van der Waals surface area contributed by atoms with Gasteiger partial charge in [-0.2, -0.15) is 0 Å². The Bertz CT molecular complexity index is 1150. The lowest BCUT2D eigenvalue weighted by molar-refractivity contribution is -0.148. The summed E-state index contributed by atoms with van der Waals surface area (Å²) in [7, 11) is 3.18. The lowest BCUT2D eigenvalue weighted by Crippen LogP contribution is -2.63. The predicted molar refractivity (Wildman–Crippen MR) is 118 cm³/mol. The normalized spacial score (nSPS) is 29.1. The third kappa shape index (κ3) is 2.97. The second-order valence-electron chi connectivity index (χ2n) is 8.98. The molecule has 33 heavy (non-hydrogen) atoms. The van der Waals surface area contributed by atoms with E-state index in [1.165, 1.54) is 11.0 Å². The van der Waals surface area contributed by atoms with Crippen LogP contribution in [0, 0.1) is 11.8 Å². The summed E-state index contributed by atoms with van der Waals surface area (Å²) >= 11 is 0. The number of likely N-dealkylation sites (N-methyl/N-ethyl adjacent to an activating group) is 1. The molecule has 2 unspecified atom stereocenters. The van der Waals surface area contributed by atoms with Crippen LogP contribution in [0.1, 0.15) is 29.3 Å². The first-order chi connectivity index (χ1) is 15.5. The van der Waals surface area contributed by atoms with Gasteiger partial charge in [0, 0.05) is 23.7 Å². The third-order valence-corrected chi connectivity index (χ3v) is 6.97. The molecule has 1 aromatic carbocycles. The molecule has 10 heteroatoms. The number of ketones is 2. The summed E-state index contributed by atoms with van der Waals surface area (Å²) in [6, 6.07) is 2.03. The molecule has 1 aromatic rings. The molecule has 0 spiro atoms. The van der Waals surface area contributed by atoms with Gasteiger partial charge in [-0.3, -0.25) is 19.3 Å². The minimum Gasteiger partial charge on any atom is -0.510 e. The van der Waals surface area contributed by atoms with E-state index < -0.39 is 58.0 Å². The molecule has 0 saturated carbocycles. The van der Waals surface area contributed by atoms with E-state index >= 15 is 0 Å². The van der Waals surface area contributed by atoms with Crippen molar-refractivity contribution in [2.75, 3.05) is 26.0 Å². The van der Waals surface area contributed by atoms with Crippen molar-refractivity contribution in [3.63, 3.8) is 0 Å². The highest BCUT2D eigenvalue weighted by molar-refractivity contribution is 6.24. The number of aliphatic hydroxyl groups is 3. The molecule has 0 fully saturated rings. The van der Waals surface area contributed by atoms with Crippen LogP contribution in [0.15, 0.2) is 34.8 Å². The van der Waals surface area contributed by atoms with Crippen LogP contribution >= 0.6 is 0 Å². The van der Waals surface area contributed by atoms with Crippen molar-refractivity contribution in [3.05, 3.63) is 45.9 Å². The number of allylic oxidation sites excluding steroid dienone is 1. The van der Waals surface area contributed by atoms with Gasteiger partial charge in [0.05, 0.1) is 11.6 Å². The van der Waals surface area contributed by atoms with Crippen molar-refractivity contribution in [1.82, 2.24) is 4.90 Å². The van der Waals surface area contributed by atoms with E-state index in [-0.39, 0.29) is 29.7 Å². The van der Waals surface area contributed by atoms with Gasteiger partial charge in [-0.05, 0) is 57.5 Å². The summed E-state index contributed by atoms with van der Waals surface area (Å²) in [5, 5.41) is 47.0. The van der Waals surface area contributed by atoms with Crippen LogP contribution in [0.4, 0.5) is 5.69 Å². The topological polar surface area (TPSA) is 173 Å². The molecule has 3 aliphatic carbocycles. The smallest absolute Gasteiger partial charge is 0.255 e. The first-order valence-corrected chi connectivity index (χ1v) is 10.7. The molecule has 0 radical (unpaired) electrons. The number of hydrogen-bond donors (Lipinski definition) is 6. The minimum absolute atomic E-state index is 0.00534. The van der Waals surface area contributed by atoms with Crippen LogP contribution in [0.2, 0.25) is 0 Å². The summed E-state index contributed by atoms with van der Waals surface area (Å²) in [5.74, 6) is -6.54. The van der Waals surface area contributed by atoms with Crippen LogP contribution in [0.5, 0.6) is 5.75 Å². The monoisotopic (exact) mass is 457 g/mol. The van der Waals surface area contributed by atoms with E-state index in [0.717, 1.165) is 0 Å². The Morgan fingerprint density at radius 3 is 2.48 bits per heavy atom. The maximum Gasteiger partial charge on any atom is 0.255 e. The fourth-order valence-corrected chi connectivity index (χ4v) is 5.61. The van der Waals surface area contributed by atoms with E-state index in [0.29, 0.717) is 17.8 Å². The van der Waals surface area contributed by atoms with Gasteiger partial charge in [-0.1, -0.05) is 0 Å². The molecule has 7 N–H and O–H groups in total. The van der Waals surface area contributed by atoms with E-state index in [1.807, 2.05) is 6.92 Å². The average Bonchev–Trinajstić information content (AvgIpc) is 2.72. The molecule has 1 amide bonds. The number of Topliss-reactive ketones (excluding diaryl/α,β-unsaturated/α-hetero) is 2. The summed E-state index contributed by atoms with van der Waals surface area (Å²) in [4.78, 5) is 40.1. The quantitative estimate of drug-likeness (QED) is 0.279. The Hall–Kier alpha value is -3.37. The number of hydrogen-bond acceptors (Lipinski definition) is 9. The molecule has 176 valence electrons. The number of phenolic OH excluding ortho intramolecular Hbond substituents is 1. The predicted octanol–water partition coefficient (Wildman–Crippen LogP) is 0.552. The van der Waals surface area contributed by atoms with Crippen molar-refractivity contribution in [2.24, 2.45) is 17.6 Å². The Morgan fingerprint density at radius 2 is 1.91 bits per heavy atom. The van der Waals surface area contributed by atoms with Gasteiger partial charge in [0.1, 0.15) is 22.8 Å². The van der Waals surface area contributed by atoms with Gasteiger partial charge < -0.3 is 31.5 Å². The Morgan fingerprint density at radius 1 is 1.24 bits per heavy atom. The SMILES string of the molecule is CCNc1ccc(O)c2c1CC1CC3[C@H](N(C)C)C(O)=C(C(N)=O)C(=O)[C@@]3(O)C(O)=C1C2=O. The maximum absolute atomic E-state index is 13.5. The largest absolute Gasteiger partial charge is 0.510 e. The molecule has 0 aliphatic heterocycles. The molecule has 0 bridgehead atoms. The van der Waals surface area contributed by atoms with Crippen molar-refractivity contribution < 1.29 is 34.8 Å². The van der Waals surface area contributed by atoms with Gasteiger partial charge in [0.2, 0.25) is 5.78 Å². The maximum atomic E-state index is 13.5. The minimum atomic E-state index is -2.63. The zero-order valence-corrected chi connectivity index (χ0v) is 18.5. The van der Waals surface area contributed by atoms with Gasteiger partial charge in [0.25, 0.3) is 5.91 Å². The molecule has 10 nitrogen and oxygen atoms in total. The number of nitrogens with two attached hydrogens (primary N) is 1. The summed E-state index contributed by atoms with van der Waals surface area (Å²) in [5.41, 5.74) is 2.94. The summed E-state index contributed by atoms with van der Waals surface area (Å²) in [6.45, 7) is 2.47. The second-order valence-corrected chi connectivity index (χ2v) is 8.98. The highest BCUT2D eigenvalue weighted by atomic mass is 16.3. The van der Waals surface area contributed by atoms with Gasteiger partial charge in [-0.25, -0.2) is 0 Å². The van der Waals surface area contributed by atoms with Crippen LogP contribution < -0.4 is 11.1 Å². The molecule has 4 rings (SSSR count). The van der Waals surface area contributed by atoms with Gasteiger partial charge >= 0.3 is 0 Å². The van der Waals surface area contributed by atoms with Crippen molar-refractivity contribution in [2.45, 2.75) is 31.4 Å². The number of carbonyl (C=O) groups is 3. The lowest BCUT2D eigenvalue weighted by atomic mass is 9.58. The zero-order valence-electron chi connectivity index (χ0n) is 18.5. The number of primary amides is 1. The molecular formula is C23H27N3O7. The first kappa shape index (κ1) is 22.8.